The van der Waals surface area contributed by atoms with Gasteiger partial charge in [-0.05, 0) is 12.8 Å². The molecule has 1 aromatic heterocycles. The van der Waals surface area contributed by atoms with Crippen molar-refractivity contribution in [3.8, 4) is 0 Å². The zero-order chi connectivity index (χ0) is 7.68. The summed E-state index contributed by atoms with van der Waals surface area (Å²) in [6, 6.07) is 0. The molecule has 0 atom stereocenters. The van der Waals surface area contributed by atoms with E-state index in [1.165, 1.54) is 23.4 Å². The summed E-state index contributed by atoms with van der Waals surface area (Å²) in [4.78, 5) is 5.59. The summed E-state index contributed by atoms with van der Waals surface area (Å²) >= 11 is 1.67. The minimum Gasteiger partial charge on any atom is -0.396 e. The monoisotopic (exact) mass is 169 g/mol. The molecule has 0 bridgehead atoms. The fraction of sp³-hybridized carbons (Fsp3) is 0.625. The zero-order valence-corrected chi connectivity index (χ0v) is 7.10. The number of aliphatic hydroxyl groups excluding tert-OH is 1. The predicted molar refractivity (Wildman–Crippen MR) is 44.9 cm³/mol. The SMILES string of the molecule is OCCc1scnc1C1CC1. The highest BCUT2D eigenvalue weighted by Gasteiger charge is 2.27. The van der Waals surface area contributed by atoms with Crippen LogP contribution in [0, 0.1) is 0 Å². The van der Waals surface area contributed by atoms with E-state index in [9.17, 15) is 0 Å². The molecule has 0 aliphatic heterocycles. The van der Waals surface area contributed by atoms with E-state index >= 15 is 0 Å². The average Bonchev–Trinajstić information content (AvgIpc) is 2.75. The van der Waals surface area contributed by atoms with Crippen LogP contribution in [0.4, 0.5) is 0 Å². The molecular weight excluding hydrogens is 158 g/mol. The Balaban J connectivity index is 2.16. The van der Waals surface area contributed by atoms with Crippen molar-refractivity contribution in [3.63, 3.8) is 0 Å². The van der Waals surface area contributed by atoms with Crippen LogP contribution in [0.15, 0.2) is 5.51 Å². The highest BCUT2D eigenvalue weighted by molar-refractivity contribution is 7.09. The summed E-state index contributed by atoms with van der Waals surface area (Å²) in [5.41, 5.74) is 3.14. The Labute approximate surface area is 69.9 Å². The van der Waals surface area contributed by atoms with Crippen molar-refractivity contribution in [3.05, 3.63) is 16.1 Å². The van der Waals surface area contributed by atoms with Crippen LogP contribution in [0.2, 0.25) is 0 Å². The molecule has 2 rings (SSSR count). The molecule has 1 saturated carbocycles. The summed E-state index contributed by atoms with van der Waals surface area (Å²) < 4.78 is 0. The second-order valence-corrected chi connectivity index (χ2v) is 3.85. The van der Waals surface area contributed by atoms with Gasteiger partial charge >= 0.3 is 0 Å². The van der Waals surface area contributed by atoms with E-state index in [2.05, 4.69) is 4.98 Å². The van der Waals surface area contributed by atoms with Crippen LogP contribution >= 0.6 is 11.3 Å². The fourth-order valence-corrected chi connectivity index (χ4v) is 2.10. The molecule has 0 unspecified atom stereocenters. The van der Waals surface area contributed by atoms with Gasteiger partial charge in [0.2, 0.25) is 0 Å². The van der Waals surface area contributed by atoms with Gasteiger partial charge < -0.3 is 5.11 Å². The van der Waals surface area contributed by atoms with Crippen molar-refractivity contribution in [2.24, 2.45) is 0 Å². The van der Waals surface area contributed by atoms with Crippen LogP contribution in [0.25, 0.3) is 0 Å². The maximum absolute atomic E-state index is 8.74. The third-order valence-corrected chi connectivity index (χ3v) is 2.88. The van der Waals surface area contributed by atoms with Gasteiger partial charge in [0, 0.05) is 23.8 Å². The van der Waals surface area contributed by atoms with E-state index in [0.717, 1.165) is 12.3 Å². The van der Waals surface area contributed by atoms with Crippen LogP contribution in [0.3, 0.4) is 0 Å². The number of hydrogen-bond acceptors (Lipinski definition) is 3. The summed E-state index contributed by atoms with van der Waals surface area (Å²) in [6.07, 6.45) is 3.38. The van der Waals surface area contributed by atoms with Gasteiger partial charge in [0.05, 0.1) is 11.2 Å². The highest BCUT2D eigenvalue weighted by Crippen LogP contribution is 2.41. The van der Waals surface area contributed by atoms with Crippen LogP contribution in [0.1, 0.15) is 29.3 Å². The topological polar surface area (TPSA) is 33.1 Å². The normalized spacial score (nSPS) is 17.2. The van der Waals surface area contributed by atoms with Crippen LogP contribution < -0.4 is 0 Å². The second-order valence-electron chi connectivity index (χ2n) is 2.91. The smallest absolute Gasteiger partial charge is 0.0797 e. The molecule has 1 heterocycles. The largest absolute Gasteiger partial charge is 0.396 e. The van der Waals surface area contributed by atoms with E-state index in [4.69, 9.17) is 5.11 Å². The summed E-state index contributed by atoms with van der Waals surface area (Å²) in [7, 11) is 0. The lowest BCUT2D eigenvalue weighted by atomic mass is 10.2. The van der Waals surface area contributed by atoms with Crippen molar-refractivity contribution < 1.29 is 5.11 Å². The van der Waals surface area contributed by atoms with E-state index < -0.39 is 0 Å². The first kappa shape index (κ1) is 7.25. The van der Waals surface area contributed by atoms with Crippen molar-refractivity contribution in [2.45, 2.75) is 25.2 Å². The first-order chi connectivity index (χ1) is 5.42. The molecule has 1 aromatic rings. The number of aliphatic hydroxyl groups is 1. The van der Waals surface area contributed by atoms with E-state index in [1.54, 1.807) is 11.3 Å². The van der Waals surface area contributed by atoms with Crippen LogP contribution in [-0.2, 0) is 6.42 Å². The number of nitrogens with zero attached hydrogens (tertiary/aromatic N) is 1. The number of rotatable bonds is 3. The number of hydrogen-bond donors (Lipinski definition) is 1. The van der Waals surface area contributed by atoms with Gasteiger partial charge in [-0.3, -0.25) is 0 Å². The Morgan fingerprint density at radius 3 is 3.09 bits per heavy atom. The van der Waals surface area contributed by atoms with Gasteiger partial charge in [-0.1, -0.05) is 0 Å². The quantitative estimate of drug-likeness (QED) is 0.744. The van der Waals surface area contributed by atoms with Gasteiger partial charge in [-0.15, -0.1) is 11.3 Å². The Bertz CT molecular complexity index is 242. The molecule has 1 aliphatic carbocycles. The average molecular weight is 169 g/mol. The first-order valence-electron chi connectivity index (χ1n) is 3.95. The second kappa shape index (κ2) is 2.91. The Hall–Kier alpha value is -0.410. The minimum atomic E-state index is 0.252. The van der Waals surface area contributed by atoms with Crippen molar-refractivity contribution in [2.75, 3.05) is 6.61 Å². The Kier molecular flexibility index (Phi) is 1.92. The van der Waals surface area contributed by atoms with Gasteiger partial charge in [-0.2, -0.15) is 0 Å². The van der Waals surface area contributed by atoms with Gasteiger partial charge in [0.25, 0.3) is 0 Å². The lowest BCUT2D eigenvalue weighted by molar-refractivity contribution is 0.300. The molecule has 1 fully saturated rings. The third-order valence-electron chi connectivity index (χ3n) is 1.98. The maximum atomic E-state index is 8.74. The molecular formula is C8H11NOS. The molecule has 1 N–H and O–H groups in total. The van der Waals surface area contributed by atoms with Crippen molar-refractivity contribution in [1.82, 2.24) is 4.98 Å². The molecule has 60 valence electrons. The minimum absolute atomic E-state index is 0.252. The molecule has 0 spiro atoms. The van der Waals surface area contributed by atoms with Crippen LogP contribution in [0.5, 0.6) is 0 Å². The molecule has 0 aromatic carbocycles. The fourth-order valence-electron chi connectivity index (χ4n) is 1.26. The molecule has 2 nitrogen and oxygen atoms in total. The molecule has 0 radical (unpaired) electrons. The molecule has 3 heteroatoms. The first-order valence-corrected chi connectivity index (χ1v) is 4.83. The third kappa shape index (κ3) is 1.44. The highest BCUT2D eigenvalue weighted by atomic mass is 32.1. The van der Waals surface area contributed by atoms with Crippen molar-refractivity contribution in [1.29, 1.82) is 0 Å². The lowest BCUT2D eigenvalue weighted by Crippen LogP contribution is -1.92. The van der Waals surface area contributed by atoms with E-state index in [-0.39, 0.29) is 6.61 Å². The maximum Gasteiger partial charge on any atom is 0.0797 e. The Morgan fingerprint density at radius 1 is 1.64 bits per heavy atom. The van der Waals surface area contributed by atoms with E-state index in [1.807, 2.05) is 5.51 Å². The number of aromatic nitrogens is 1. The lowest BCUT2D eigenvalue weighted by Gasteiger charge is -1.95. The summed E-state index contributed by atoms with van der Waals surface area (Å²) in [6.45, 7) is 0.252. The summed E-state index contributed by atoms with van der Waals surface area (Å²) in [5, 5.41) is 8.74. The standard InChI is InChI=1S/C8H11NOS/c10-4-3-7-8(6-1-2-6)9-5-11-7/h5-6,10H,1-4H2. The predicted octanol–water partition coefficient (Wildman–Crippen LogP) is 1.56. The molecule has 11 heavy (non-hydrogen) atoms. The zero-order valence-electron chi connectivity index (χ0n) is 6.29. The number of thiazole rings is 1. The van der Waals surface area contributed by atoms with E-state index in [0.29, 0.717) is 0 Å². The Morgan fingerprint density at radius 2 is 2.45 bits per heavy atom. The van der Waals surface area contributed by atoms with Crippen molar-refractivity contribution >= 4 is 11.3 Å². The molecule has 1 aliphatic rings. The van der Waals surface area contributed by atoms with Gasteiger partial charge in [-0.25, -0.2) is 4.98 Å². The van der Waals surface area contributed by atoms with Gasteiger partial charge in [0.1, 0.15) is 0 Å². The molecule has 0 amide bonds. The summed E-state index contributed by atoms with van der Waals surface area (Å²) in [5.74, 6) is 0.725. The van der Waals surface area contributed by atoms with Gasteiger partial charge in [0.15, 0.2) is 0 Å². The van der Waals surface area contributed by atoms with Crippen LogP contribution in [-0.4, -0.2) is 16.7 Å². The molecule has 0 saturated heterocycles.